The predicted octanol–water partition coefficient (Wildman–Crippen LogP) is 1.03. The van der Waals surface area contributed by atoms with Crippen LogP contribution in [0.4, 0.5) is 0 Å². The molecule has 1 aromatic rings. The Bertz CT molecular complexity index is 549. The first kappa shape index (κ1) is 15.4. The molecule has 2 rings (SSSR count). The van der Waals surface area contributed by atoms with E-state index in [0.717, 1.165) is 25.2 Å². The van der Waals surface area contributed by atoms with Crippen molar-refractivity contribution >= 4 is 10.0 Å². The van der Waals surface area contributed by atoms with Gasteiger partial charge in [0.2, 0.25) is 10.0 Å². The lowest BCUT2D eigenvalue weighted by Gasteiger charge is -2.33. The van der Waals surface area contributed by atoms with Gasteiger partial charge in [-0.15, -0.1) is 0 Å². The molecule has 1 atom stereocenters. The molecule has 5 nitrogen and oxygen atoms in total. The molecule has 1 aromatic carbocycles. The lowest BCUT2D eigenvalue weighted by Crippen LogP contribution is -2.48. The van der Waals surface area contributed by atoms with Crippen LogP contribution in [0.5, 0.6) is 0 Å². The Balaban J connectivity index is 2.20. The average molecular weight is 297 g/mol. The minimum absolute atomic E-state index is 0.165. The average Bonchev–Trinajstić information content (AvgIpc) is 2.47. The lowest BCUT2D eigenvalue weighted by molar-refractivity contribution is 0.196. The maximum atomic E-state index is 12.6. The van der Waals surface area contributed by atoms with Crippen LogP contribution in [0.3, 0.4) is 0 Å². The first-order valence-electron chi connectivity index (χ1n) is 7.03. The summed E-state index contributed by atoms with van der Waals surface area (Å²) >= 11 is 0. The monoisotopic (exact) mass is 297 g/mol. The zero-order chi connectivity index (χ0) is 14.8. The fraction of sp³-hybridized carbons (Fsp3) is 0.571. The summed E-state index contributed by atoms with van der Waals surface area (Å²) in [4.78, 5) is 2.60. The summed E-state index contributed by atoms with van der Waals surface area (Å²) in [6, 6.07) is 6.79. The molecule has 20 heavy (non-hydrogen) atoms. The molecule has 0 radical (unpaired) electrons. The smallest absolute Gasteiger partial charge is 0.243 e. The zero-order valence-corrected chi connectivity index (χ0v) is 12.9. The number of likely N-dealkylation sites (N-methyl/N-ethyl adjacent to an activating group) is 1. The summed E-state index contributed by atoms with van der Waals surface area (Å²) in [6.45, 7) is 7.61. The Morgan fingerprint density at radius 1 is 1.25 bits per heavy atom. The molecule has 1 fully saturated rings. The summed E-state index contributed by atoms with van der Waals surface area (Å²) in [6.07, 6.45) is 0. The molecule has 6 heteroatoms. The fourth-order valence-corrected chi connectivity index (χ4v) is 3.87. The van der Waals surface area contributed by atoms with Gasteiger partial charge in [-0.05, 0) is 31.2 Å². The molecule has 0 bridgehead atoms. The maximum Gasteiger partial charge on any atom is 0.243 e. The van der Waals surface area contributed by atoms with Gasteiger partial charge in [0.25, 0.3) is 0 Å². The number of hydrogen-bond donors (Lipinski definition) is 1. The number of sulfonamides is 1. The van der Waals surface area contributed by atoms with E-state index in [9.17, 15) is 8.42 Å². The van der Waals surface area contributed by atoms with Gasteiger partial charge in [-0.25, -0.2) is 8.42 Å². The van der Waals surface area contributed by atoms with Crippen LogP contribution in [0, 0.1) is 0 Å². The van der Waals surface area contributed by atoms with Crippen molar-refractivity contribution in [2.45, 2.75) is 24.8 Å². The number of rotatable bonds is 4. The molecule has 0 aromatic heterocycles. The minimum Gasteiger partial charge on any atom is -0.324 e. The van der Waals surface area contributed by atoms with Crippen LogP contribution in [0.1, 0.15) is 25.5 Å². The Morgan fingerprint density at radius 3 is 2.45 bits per heavy atom. The van der Waals surface area contributed by atoms with E-state index in [4.69, 9.17) is 5.73 Å². The van der Waals surface area contributed by atoms with E-state index in [1.165, 1.54) is 0 Å². The largest absolute Gasteiger partial charge is 0.324 e. The number of nitrogens with two attached hydrogens (primary N) is 1. The van der Waals surface area contributed by atoms with Crippen molar-refractivity contribution in [1.82, 2.24) is 9.21 Å². The highest BCUT2D eigenvalue weighted by atomic mass is 32.2. The number of benzene rings is 1. The van der Waals surface area contributed by atoms with E-state index < -0.39 is 10.0 Å². The first-order chi connectivity index (χ1) is 9.45. The Labute approximate surface area is 121 Å². The second kappa shape index (κ2) is 6.22. The molecule has 1 aliphatic rings. The van der Waals surface area contributed by atoms with E-state index in [2.05, 4.69) is 11.8 Å². The normalized spacial score (nSPS) is 19.9. The number of hydrogen-bond acceptors (Lipinski definition) is 4. The Morgan fingerprint density at radius 2 is 1.90 bits per heavy atom. The van der Waals surface area contributed by atoms with Crippen LogP contribution in [0.2, 0.25) is 0 Å². The molecule has 112 valence electrons. The maximum absolute atomic E-state index is 12.6. The van der Waals surface area contributed by atoms with Crippen molar-refractivity contribution in [2.75, 3.05) is 32.7 Å². The van der Waals surface area contributed by atoms with E-state index in [1.807, 2.05) is 13.0 Å². The van der Waals surface area contributed by atoms with Crippen molar-refractivity contribution in [3.8, 4) is 0 Å². The predicted molar refractivity (Wildman–Crippen MR) is 79.9 cm³/mol. The van der Waals surface area contributed by atoms with Gasteiger partial charge in [0.1, 0.15) is 0 Å². The summed E-state index contributed by atoms with van der Waals surface area (Å²) in [5.74, 6) is 0. The van der Waals surface area contributed by atoms with E-state index >= 15 is 0 Å². The molecule has 0 saturated carbocycles. The topological polar surface area (TPSA) is 66.6 Å². The molecule has 0 spiro atoms. The molecular weight excluding hydrogens is 274 g/mol. The molecule has 0 amide bonds. The third-order valence-corrected chi connectivity index (χ3v) is 5.69. The van der Waals surface area contributed by atoms with Crippen LogP contribution in [-0.4, -0.2) is 50.3 Å². The van der Waals surface area contributed by atoms with Crippen molar-refractivity contribution < 1.29 is 8.42 Å². The summed E-state index contributed by atoms with van der Waals surface area (Å²) in [5.41, 5.74) is 6.67. The van der Waals surface area contributed by atoms with Crippen molar-refractivity contribution in [1.29, 1.82) is 0 Å². The molecule has 1 saturated heterocycles. The number of nitrogens with zero attached hydrogens (tertiary/aromatic N) is 2. The molecule has 0 aliphatic carbocycles. The summed E-state index contributed by atoms with van der Waals surface area (Å²) in [5, 5.41) is 0. The third-order valence-electron chi connectivity index (χ3n) is 3.80. The van der Waals surface area contributed by atoms with Gasteiger partial charge in [-0.3, -0.25) is 0 Å². The highest BCUT2D eigenvalue weighted by Crippen LogP contribution is 2.20. The lowest BCUT2D eigenvalue weighted by atomic mass is 10.1. The highest BCUT2D eigenvalue weighted by Gasteiger charge is 2.28. The first-order valence-corrected chi connectivity index (χ1v) is 8.47. The van der Waals surface area contributed by atoms with Gasteiger partial charge in [-0.2, -0.15) is 4.31 Å². The van der Waals surface area contributed by atoms with Crippen LogP contribution in [0.25, 0.3) is 0 Å². The van der Waals surface area contributed by atoms with Crippen molar-refractivity contribution in [2.24, 2.45) is 5.73 Å². The molecular formula is C14H23N3O2S. The van der Waals surface area contributed by atoms with E-state index in [1.54, 1.807) is 22.5 Å². The van der Waals surface area contributed by atoms with Crippen LogP contribution in [-0.2, 0) is 10.0 Å². The van der Waals surface area contributed by atoms with Crippen LogP contribution >= 0.6 is 0 Å². The highest BCUT2D eigenvalue weighted by molar-refractivity contribution is 7.89. The van der Waals surface area contributed by atoms with Gasteiger partial charge in [0, 0.05) is 32.2 Å². The van der Waals surface area contributed by atoms with Gasteiger partial charge in [0.15, 0.2) is 0 Å². The SMILES string of the molecule is CCN1CCN(S(=O)(=O)c2cccc(C(C)N)c2)CC1. The quantitative estimate of drug-likeness (QED) is 0.901. The van der Waals surface area contributed by atoms with E-state index in [-0.39, 0.29) is 6.04 Å². The van der Waals surface area contributed by atoms with Gasteiger partial charge in [0.05, 0.1) is 4.90 Å². The summed E-state index contributed by atoms with van der Waals surface area (Å²) in [7, 11) is -3.40. The standard InChI is InChI=1S/C14H23N3O2S/c1-3-16-7-9-17(10-8-16)20(18,19)14-6-4-5-13(11-14)12(2)15/h4-6,11-12H,3,7-10,15H2,1-2H3. The second-order valence-corrected chi connectivity index (χ2v) is 7.14. The van der Waals surface area contributed by atoms with Crippen LogP contribution < -0.4 is 5.73 Å². The Hall–Kier alpha value is -0.950. The van der Waals surface area contributed by atoms with Gasteiger partial charge < -0.3 is 10.6 Å². The fourth-order valence-electron chi connectivity index (χ4n) is 2.39. The van der Waals surface area contributed by atoms with Crippen molar-refractivity contribution in [3.05, 3.63) is 29.8 Å². The van der Waals surface area contributed by atoms with Gasteiger partial charge >= 0.3 is 0 Å². The third kappa shape index (κ3) is 3.20. The minimum atomic E-state index is -3.40. The van der Waals surface area contributed by atoms with Gasteiger partial charge in [-0.1, -0.05) is 19.1 Å². The summed E-state index contributed by atoms with van der Waals surface area (Å²) < 4.78 is 26.8. The molecule has 1 aliphatic heterocycles. The molecule has 1 unspecified atom stereocenters. The Kier molecular flexibility index (Phi) is 4.80. The van der Waals surface area contributed by atoms with E-state index in [0.29, 0.717) is 18.0 Å². The zero-order valence-electron chi connectivity index (χ0n) is 12.1. The molecule has 1 heterocycles. The molecule has 2 N–H and O–H groups in total. The second-order valence-electron chi connectivity index (χ2n) is 5.20. The van der Waals surface area contributed by atoms with Crippen LogP contribution in [0.15, 0.2) is 29.2 Å². The van der Waals surface area contributed by atoms with Crippen molar-refractivity contribution in [3.63, 3.8) is 0 Å². The number of piperazine rings is 1.